The van der Waals surface area contributed by atoms with Crippen LogP contribution in [0.2, 0.25) is 0 Å². The first kappa shape index (κ1) is 71.1. The lowest BCUT2D eigenvalue weighted by atomic mass is 10.1. The van der Waals surface area contributed by atoms with E-state index in [4.69, 9.17) is 14.2 Å². The minimum atomic E-state index is -0.826. The minimum absolute atomic E-state index is 0.112. The molecule has 1 atom stereocenters. The molecule has 0 aromatic heterocycles. The Bertz CT molecular complexity index is 1520. The number of unbranched alkanes of at least 4 members (excludes halogenated alkanes) is 27. The number of carbonyl (C=O) groups is 3. The summed E-state index contributed by atoms with van der Waals surface area (Å²) in [5.41, 5.74) is 0. The molecule has 0 aliphatic carbocycles. The van der Waals surface area contributed by atoms with Crippen LogP contribution in [0.25, 0.3) is 0 Å². The van der Waals surface area contributed by atoms with E-state index < -0.39 is 12.1 Å². The average Bonchev–Trinajstić information content (AvgIpc) is 3.41. The molecule has 0 fully saturated rings. The highest BCUT2D eigenvalue weighted by Crippen LogP contribution is 2.15. The topological polar surface area (TPSA) is 78.9 Å². The molecule has 0 saturated heterocycles. The number of esters is 3. The summed E-state index contributed by atoms with van der Waals surface area (Å²) in [6, 6.07) is 0. The Balaban J connectivity index is 4.49. The van der Waals surface area contributed by atoms with E-state index in [1.807, 2.05) is 6.08 Å². The van der Waals surface area contributed by atoms with Gasteiger partial charge in [-0.1, -0.05) is 265 Å². The molecule has 0 bridgehead atoms. The van der Waals surface area contributed by atoms with Crippen molar-refractivity contribution >= 4 is 17.9 Å². The minimum Gasteiger partial charge on any atom is -0.462 e. The fourth-order valence-electron chi connectivity index (χ4n) is 8.55. The lowest BCUT2D eigenvalue weighted by Crippen LogP contribution is -2.30. The number of ether oxygens (including phenoxy) is 3. The first-order valence-corrected chi connectivity index (χ1v) is 31.4. The average molecular weight is 1040 g/mol. The van der Waals surface area contributed by atoms with Crippen LogP contribution in [0.3, 0.4) is 0 Å². The van der Waals surface area contributed by atoms with Crippen molar-refractivity contribution in [3.63, 3.8) is 0 Å². The van der Waals surface area contributed by atoms with E-state index in [-0.39, 0.29) is 31.6 Å². The molecule has 0 aliphatic rings. The zero-order chi connectivity index (χ0) is 54.3. The number of hydrogen-bond donors (Lipinski definition) is 0. The number of hydrogen-bond acceptors (Lipinski definition) is 6. The van der Waals surface area contributed by atoms with Gasteiger partial charge >= 0.3 is 17.9 Å². The molecular formula is C69H116O6. The highest BCUT2D eigenvalue weighted by molar-refractivity contribution is 5.71. The van der Waals surface area contributed by atoms with Gasteiger partial charge in [0.2, 0.25) is 0 Å². The van der Waals surface area contributed by atoms with Gasteiger partial charge in [-0.15, -0.1) is 0 Å². The van der Waals surface area contributed by atoms with Gasteiger partial charge in [0.25, 0.3) is 0 Å². The molecule has 6 heteroatoms. The predicted octanol–water partition coefficient (Wildman–Crippen LogP) is 21.4. The quantitative estimate of drug-likeness (QED) is 0.0261. The van der Waals surface area contributed by atoms with Gasteiger partial charge in [0.05, 0.1) is 0 Å². The molecule has 0 spiro atoms. The zero-order valence-electron chi connectivity index (χ0n) is 49.0. The van der Waals surface area contributed by atoms with Crippen LogP contribution in [0.4, 0.5) is 0 Å². The number of carbonyl (C=O) groups excluding carboxylic acids is 3. The van der Waals surface area contributed by atoms with Crippen LogP contribution in [0, 0.1) is 0 Å². The van der Waals surface area contributed by atoms with E-state index in [0.717, 1.165) is 89.9 Å². The van der Waals surface area contributed by atoms with E-state index >= 15 is 0 Å². The summed E-state index contributed by atoms with van der Waals surface area (Å²) in [5, 5.41) is 0. The third-order valence-electron chi connectivity index (χ3n) is 13.2. The summed E-state index contributed by atoms with van der Waals surface area (Å²) in [4.78, 5) is 38.3. The Hall–Kier alpha value is -3.93. The van der Waals surface area contributed by atoms with E-state index in [9.17, 15) is 14.4 Å². The fraction of sp³-hybridized carbons (Fsp3) is 0.696. The monoisotopic (exact) mass is 1040 g/mol. The van der Waals surface area contributed by atoms with Gasteiger partial charge in [0.15, 0.2) is 6.10 Å². The third-order valence-corrected chi connectivity index (χ3v) is 13.2. The summed E-state index contributed by atoms with van der Waals surface area (Å²) in [6.45, 7) is 6.45. The maximum Gasteiger partial charge on any atom is 0.306 e. The van der Waals surface area contributed by atoms with Crippen LogP contribution in [0.5, 0.6) is 0 Å². The standard InChI is InChI=1S/C69H116O6/c1-4-7-10-13-16-19-22-25-28-31-33-34-36-38-41-44-47-50-53-56-59-62-68(71)74-65-66(64-73-67(70)61-58-55-52-49-46-43-40-37-30-27-24-21-18-15-12-9-6-3)75-69(72)63-60-57-54-51-48-45-42-39-35-32-29-26-23-20-17-14-11-8-5-2/h8,11,17-18,20-21,26-27,29-31,33,35,39,45,48,54,57,66H,4-7,9-10,12-16,19,22-25,28,32,34,36-38,40-44,46-47,49-53,55-56,58-65H2,1-3H3/b11-8-,20-17-,21-18-,29-26-,30-27-,33-31-,39-35-,48-45-,57-54-. The highest BCUT2D eigenvalue weighted by atomic mass is 16.6. The molecule has 0 amide bonds. The molecule has 0 radical (unpaired) electrons. The molecule has 0 saturated carbocycles. The summed E-state index contributed by atoms with van der Waals surface area (Å²) in [5.74, 6) is -1.00. The molecule has 6 nitrogen and oxygen atoms in total. The Morgan fingerprint density at radius 2 is 0.547 bits per heavy atom. The summed E-state index contributed by atoms with van der Waals surface area (Å²) >= 11 is 0. The highest BCUT2D eigenvalue weighted by Gasteiger charge is 2.19. The molecule has 75 heavy (non-hydrogen) atoms. The lowest BCUT2D eigenvalue weighted by Gasteiger charge is -2.18. The Morgan fingerprint density at radius 1 is 0.280 bits per heavy atom. The van der Waals surface area contributed by atoms with Gasteiger partial charge in [0, 0.05) is 19.3 Å². The predicted molar refractivity (Wildman–Crippen MR) is 325 cm³/mol. The fourth-order valence-corrected chi connectivity index (χ4v) is 8.55. The second-order valence-electron chi connectivity index (χ2n) is 20.6. The van der Waals surface area contributed by atoms with Crippen molar-refractivity contribution in [2.75, 3.05) is 13.2 Å². The largest absolute Gasteiger partial charge is 0.462 e. The van der Waals surface area contributed by atoms with Gasteiger partial charge in [-0.05, 0) is 116 Å². The SMILES string of the molecule is CC/C=C\C/C=C\C/C=C\C/C=C\C/C=C\C/C=C\CCC(=O)OC(COC(=O)CCCCCCCCC/C=C\C/C=C\CCCCC)COC(=O)CCCCCCCCCCC/C=C\CCCCCCCCCC. The smallest absolute Gasteiger partial charge is 0.306 e. The number of rotatable bonds is 56. The van der Waals surface area contributed by atoms with E-state index in [2.05, 4.69) is 124 Å². The van der Waals surface area contributed by atoms with Crippen molar-refractivity contribution in [3.05, 3.63) is 109 Å². The Labute approximate surface area is 463 Å². The second kappa shape index (κ2) is 62.6. The molecule has 0 aromatic carbocycles. The van der Waals surface area contributed by atoms with Gasteiger partial charge in [0.1, 0.15) is 13.2 Å². The van der Waals surface area contributed by atoms with Gasteiger partial charge in [-0.25, -0.2) is 0 Å². The molecular weight excluding hydrogens is 925 g/mol. The Morgan fingerprint density at radius 3 is 0.907 bits per heavy atom. The van der Waals surface area contributed by atoms with Crippen LogP contribution in [0.15, 0.2) is 109 Å². The first-order valence-electron chi connectivity index (χ1n) is 31.4. The van der Waals surface area contributed by atoms with E-state index in [1.54, 1.807) is 0 Å². The number of allylic oxidation sites excluding steroid dienone is 18. The molecule has 0 N–H and O–H groups in total. The zero-order valence-corrected chi connectivity index (χ0v) is 49.0. The third kappa shape index (κ3) is 60.8. The van der Waals surface area contributed by atoms with Crippen molar-refractivity contribution in [2.45, 2.75) is 297 Å². The van der Waals surface area contributed by atoms with Crippen molar-refractivity contribution in [1.82, 2.24) is 0 Å². The van der Waals surface area contributed by atoms with E-state index in [0.29, 0.717) is 19.3 Å². The summed E-state index contributed by atoms with van der Waals surface area (Å²) < 4.78 is 16.8. The van der Waals surface area contributed by atoms with Crippen LogP contribution in [-0.2, 0) is 28.6 Å². The van der Waals surface area contributed by atoms with Crippen LogP contribution < -0.4 is 0 Å². The molecule has 1 unspecified atom stereocenters. The van der Waals surface area contributed by atoms with Crippen LogP contribution >= 0.6 is 0 Å². The van der Waals surface area contributed by atoms with Gasteiger partial charge < -0.3 is 14.2 Å². The van der Waals surface area contributed by atoms with E-state index in [1.165, 1.54) is 154 Å². The van der Waals surface area contributed by atoms with Gasteiger partial charge in [-0.3, -0.25) is 14.4 Å². The van der Waals surface area contributed by atoms with Crippen molar-refractivity contribution < 1.29 is 28.6 Å². The summed E-state index contributed by atoms with van der Waals surface area (Å²) in [7, 11) is 0. The molecule has 428 valence electrons. The van der Waals surface area contributed by atoms with Crippen LogP contribution in [0.1, 0.15) is 290 Å². The van der Waals surface area contributed by atoms with Crippen LogP contribution in [-0.4, -0.2) is 37.2 Å². The van der Waals surface area contributed by atoms with Crippen molar-refractivity contribution in [2.24, 2.45) is 0 Å². The lowest BCUT2D eigenvalue weighted by molar-refractivity contribution is -0.166. The molecule has 0 rings (SSSR count). The molecule has 0 heterocycles. The first-order chi connectivity index (χ1) is 37.0. The molecule has 0 aliphatic heterocycles. The van der Waals surface area contributed by atoms with Gasteiger partial charge in [-0.2, -0.15) is 0 Å². The Kier molecular flexibility index (Phi) is 59.3. The molecule has 0 aromatic rings. The maximum absolute atomic E-state index is 12.9. The normalized spacial score (nSPS) is 12.8. The van der Waals surface area contributed by atoms with Crippen molar-refractivity contribution in [3.8, 4) is 0 Å². The summed E-state index contributed by atoms with van der Waals surface area (Å²) in [6.07, 6.45) is 85.3. The van der Waals surface area contributed by atoms with Crippen molar-refractivity contribution in [1.29, 1.82) is 0 Å². The maximum atomic E-state index is 12.9. The second-order valence-corrected chi connectivity index (χ2v) is 20.6.